The Labute approximate surface area is 171 Å². The highest BCUT2D eigenvalue weighted by molar-refractivity contribution is 5.97. The normalized spacial score (nSPS) is 12.8. The molecule has 0 unspecified atom stereocenters. The molecular formula is C24H26O5. The van der Waals surface area contributed by atoms with Crippen molar-refractivity contribution in [3.05, 3.63) is 64.2 Å². The smallest absolute Gasteiger partial charge is 0.306 e. The zero-order valence-corrected chi connectivity index (χ0v) is 17.0. The van der Waals surface area contributed by atoms with E-state index in [0.717, 1.165) is 19.3 Å². The number of fused-ring (bicyclic) bond motifs is 1. The molecule has 0 aliphatic heterocycles. The van der Waals surface area contributed by atoms with E-state index in [1.807, 2.05) is 18.2 Å². The van der Waals surface area contributed by atoms with E-state index in [0.29, 0.717) is 22.4 Å². The van der Waals surface area contributed by atoms with Crippen molar-refractivity contribution < 1.29 is 23.9 Å². The van der Waals surface area contributed by atoms with Gasteiger partial charge in [-0.3, -0.25) is 14.4 Å². The minimum Gasteiger partial charge on any atom is -0.496 e. The summed E-state index contributed by atoms with van der Waals surface area (Å²) in [5.74, 6) is -0.0260. The van der Waals surface area contributed by atoms with Crippen LogP contribution in [0.5, 0.6) is 5.75 Å². The van der Waals surface area contributed by atoms with Gasteiger partial charge in [-0.1, -0.05) is 12.1 Å². The van der Waals surface area contributed by atoms with Crippen molar-refractivity contribution in [1.29, 1.82) is 0 Å². The Bertz CT molecular complexity index is 929. The van der Waals surface area contributed by atoms with Crippen molar-refractivity contribution >= 4 is 17.5 Å². The first-order valence-electron chi connectivity index (χ1n) is 9.96. The summed E-state index contributed by atoms with van der Waals surface area (Å²) in [6, 6.07) is 10.9. The van der Waals surface area contributed by atoms with Crippen LogP contribution in [0.25, 0.3) is 0 Å². The highest BCUT2D eigenvalue weighted by Crippen LogP contribution is 2.24. The number of ketones is 2. The van der Waals surface area contributed by atoms with Gasteiger partial charge < -0.3 is 9.47 Å². The van der Waals surface area contributed by atoms with E-state index in [1.54, 1.807) is 18.2 Å². The van der Waals surface area contributed by atoms with Crippen molar-refractivity contribution in [3.8, 4) is 5.75 Å². The number of esters is 1. The Morgan fingerprint density at radius 3 is 2.34 bits per heavy atom. The van der Waals surface area contributed by atoms with Gasteiger partial charge in [-0.05, 0) is 68.0 Å². The molecule has 0 aromatic heterocycles. The molecule has 0 atom stereocenters. The van der Waals surface area contributed by atoms with Crippen LogP contribution in [0.2, 0.25) is 0 Å². The number of hydrogen-bond donors (Lipinski definition) is 0. The number of methoxy groups -OCH3 is 1. The molecule has 152 valence electrons. The first kappa shape index (κ1) is 20.8. The topological polar surface area (TPSA) is 69.7 Å². The van der Waals surface area contributed by atoms with Crippen LogP contribution in [0.15, 0.2) is 36.4 Å². The average molecular weight is 394 g/mol. The summed E-state index contributed by atoms with van der Waals surface area (Å²) < 4.78 is 10.6. The van der Waals surface area contributed by atoms with Crippen LogP contribution in [-0.2, 0) is 29.0 Å². The summed E-state index contributed by atoms with van der Waals surface area (Å²) in [5, 5.41) is 0. The number of rotatable bonds is 8. The molecule has 0 saturated heterocycles. The Morgan fingerprint density at radius 1 is 0.897 bits per heavy atom. The van der Waals surface area contributed by atoms with E-state index in [1.165, 1.54) is 31.6 Å². The summed E-state index contributed by atoms with van der Waals surface area (Å²) in [5.41, 5.74) is 4.39. The second kappa shape index (κ2) is 9.50. The minimum atomic E-state index is -0.452. The van der Waals surface area contributed by atoms with E-state index in [-0.39, 0.29) is 31.0 Å². The number of aryl methyl sites for hydroxylation is 2. The molecule has 0 spiro atoms. The Balaban J connectivity index is 1.54. The molecule has 0 saturated carbocycles. The molecule has 0 bridgehead atoms. The Kier molecular flexibility index (Phi) is 6.81. The molecular weight excluding hydrogens is 368 g/mol. The highest BCUT2D eigenvalue weighted by atomic mass is 16.5. The predicted octanol–water partition coefficient (Wildman–Crippen LogP) is 4.48. The third-order valence-electron chi connectivity index (χ3n) is 5.30. The van der Waals surface area contributed by atoms with Gasteiger partial charge >= 0.3 is 5.97 Å². The zero-order chi connectivity index (χ0) is 20.8. The molecule has 0 heterocycles. The number of ether oxygens (including phenoxy) is 2. The lowest BCUT2D eigenvalue weighted by atomic mass is 9.89. The second-order valence-electron chi connectivity index (χ2n) is 7.36. The predicted molar refractivity (Wildman–Crippen MR) is 109 cm³/mol. The summed E-state index contributed by atoms with van der Waals surface area (Å²) in [6.07, 6.45) is 4.58. The summed E-state index contributed by atoms with van der Waals surface area (Å²) in [6.45, 7) is 1.47. The molecule has 2 aromatic rings. The summed E-state index contributed by atoms with van der Waals surface area (Å²) in [7, 11) is 1.52. The van der Waals surface area contributed by atoms with Crippen LogP contribution < -0.4 is 4.74 Å². The third kappa shape index (κ3) is 5.31. The quantitative estimate of drug-likeness (QED) is 0.488. The highest BCUT2D eigenvalue weighted by Gasteiger charge is 2.15. The van der Waals surface area contributed by atoms with Gasteiger partial charge in [0.2, 0.25) is 0 Å². The van der Waals surface area contributed by atoms with Crippen molar-refractivity contribution in [1.82, 2.24) is 0 Å². The fourth-order valence-electron chi connectivity index (χ4n) is 3.61. The lowest BCUT2D eigenvalue weighted by Crippen LogP contribution is -2.10. The van der Waals surface area contributed by atoms with Crippen molar-refractivity contribution in [2.75, 3.05) is 7.11 Å². The molecule has 5 nitrogen and oxygen atoms in total. The van der Waals surface area contributed by atoms with Gasteiger partial charge in [0.15, 0.2) is 11.6 Å². The number of benzene rings is 2. The summed E-state index contributed by atoms with van der Waals surface area (Å²) in [4.78, 5) is 36.1. The van der Waals surface area contributed by atoms with Gasteiger partial charge in [0, 0.05) is 23.1 Å². The van der Waals surface area contributed by atoms with Crippen molar-refractivity contribution in [2.45, 2.75) is 52.1 Å². The maximum absolute atomic E-state index is 12.5. The van der Waals surface area contributed by atoms with Crippen LogP contribution in [-0.4, -0.2) is 24.6 Å². The van der Waals surface area contributed by atoms with E-state index in [4.69, 9.17) is 9.47 Å². The number of Topliss-reactive ketones (excluding diaryl/α,β-unsaturated/α-hetero) is 2. The van der Waals surface area contributed by atoms with Crippen molar-refractivity contribution in [2.24, 2.45) is 0 Å². The van der Waals surface area contributed by atoms with E-state index >= 15 is 0 Å². The zero-order valence-electron chi connectivity index (χ0n) is 17.0. The maximum Gasteiger partial charge on any atom is 0.306 e. The fourth-order valence-corrected chi connectivity index (χ4v) is 3.61. The molecule has 5 heteroatoms. The van der Waals surface area contributed by atoms with Gasteiger partial charge in [-0.2, -0.15) is 0 Å². The monoisotopic (exact) mass is 394 g/mol. The van der Waals surface area contributed by atoms with Gasteiger partial charge in [-0.15, -0.1) is 0 Å². The van der Waals surface area contributed by atoms with Crippen LogP contribution in [0, 0.1) is 0 Å². The lowest BCUT2D eigenvalue weighted by molar-refractivity contribution is -0.144. The molecule has 2 aromatic carbocycles. The van der Waals surface area contributed by atoms with Gasteiger partial charge in [0.1, 0.15) is 12.4 Å². The van der Waals surface area contributed by atoms with E-state index < -0.39 is 5.97 Å². The van der Waals surface area contributed by atoms with Crippen LogP contribution in [0.1, 0.15) is 70.0 Å². The number of carbonyl (C=O) groups is 3. The van der Waals surface area contributed by atoms with Crippen LogP contribution >= 0.6 is 0 Å². The largest absolute Gasteiger partial charge is 0.496 e. The fraction of sp³-hybridized carbons (Fsp3) is 0.375. The first-order chi connectivity index (χ1) is 14.0. The second-order valence-corrected chi connectivity index (χ2v) is 7.36. The molecule has 0 N–H and O–H groups in total. The SMILES string of the molecule is COc1ccc(C(C)=O)cc1COC(=O)CCC(=O)c1ccc2c(c1)CCCC2. The number of carbonyl (C=O) groups excluding carboxylic acids is 3. The van der Waals surface area contributed by atoms with Crippen LogP contribution in [0.4, 0.5) is 0 Å². The first-order valence-corrected chi connectivity index (χ1v) is 9.96. The maximum atomic E-state index is 12.5. The van der Waals surface area contributed by atoms with E-state index in [9.17, 15) is 14.4 Å². The molecule has 1 aliphatic rings. The molecule has 3 rings (SSSR count). The average Bonchev–Trinajstić information content (AvgIpc) is 2.75. The molecule has 0 fully saturated rings. The molecule has 0 amide bonds. The number of hydrogen-bond acceptors (Lipinski definition) is 5. The standard InChI is InChI=1S/C24H26O5/c1-16(25)18-9-11-23(28-2)21(13-18)15-29-24(27)12-10-22(26)20-8-7-17-5-3-4-6-19(17)14-20/h7-9,11,13-14H,3-6,10,12,15H2,1-2H3. The van der Waals surface area contributed by atoms with E-state index in [2.05, 4.69) is 0 Å². The Hall–Kier alpha value is -2.95. The van der Waals surface area contributed by atoms with Gasteiger partial charge in [0.25, 0.3) is 0 Å². The molecule has 29 heavy (non-hydrogen) atoms. The van der Waals surface area contributed by atoms with Crippen molar-refractivity contribution in [3.63, 3.8) is 0 Å². The molecule has 1 aliphatic carbocycles. The Morgan fingerprint density at radius 2 is 1.62 bits per heavy atom. The lowest BCUT2D eigenvalue weighted by Gasteiger charge is -2.16. The van der Waals surface area contributed by atoms with Gasteiger partial charge in [-0.25, -0.2) is 0 Å². The third-order valence-corrected chi connectivity index (χ3v) is 5.30. The molecule has 0 radical (unpaired) electrons. The minimum absolute atomic E-state index is 0.00381. The summed E-state index contributed by atoms with van der Waals surface area (Å²) >= 11 is 0. The van der Waals surface area contributed by atoms with Crippen LogP contribution in [0.3, 0.4) is 0 Å². The van der Waals surface area contributed by atoms with Gasteiger partial charge in [0.05, 0.1) is 13.5 Å².